The van der Waals surface area contributed by atoms with Crippen LogP contribution in [0.15, 0.2) is 18.2 Å². The molecule has 0 unspecified atom stereocenters. The number of benzene rings is 1. The first-order chi connectivity index (χ1) is 7.58. The molecule has 0 spiro atoms. The largest absolute Gasteiger partial charge is 0.396 e. The number of anilines is 2. The van der Waals surface area contributed by atoms with E-state index in [2.05, 4.69) is 0 Å². The summed E-state index contributed by atoms with van der Waals surface area (Å²) in [5.74, 6) is -0.363. The number of hydrogen-bond acceptors (Lipinski definition) is 3. The molecule has 1 aromatic rings. The van der Waals surface area contributed by atoms with Crippen molar-refractivity contribution in [3.63, 3.8) is 0 Å². The second-order valence-electron chi connectivity index (χ2n) is 3.94. The van der Waals surface area contributed by atoms with Crippen LogP contribution in [-0.2, 0) is 4.79 Å². The Hall–Kier alpha value is -1.78. The molecule has 0 saturated carbocycles. The van der Waals surface area contributed by atoms with E-state index < -0.39 is 5.82 Å². The lowest BCUT2D eigenvalue weighted by Crippen LogP contribution is -2.48. The molecular weight excluding hydrogens is 209 g/mol. The number of halogens is 1. The summed E-state index contributed by atoms with van der Waals surface area (Å²) in [6, 6.07) is 4.53. The Morgan fingerprint density at radius 3 is 2.75 bits per heavy atom. The Morgan fingerprint density at radius 2 is 2.12 bits per heavy atom. The highest BCUT2D eigenvalue weighted by Gasteiger charge is 2.21. The first kappa shape index (κ1) is 10.7. The van der Waals surface area contributed by atoms with Gasteiger partial charge in [0.2, 0.25) is 5.91 Å². The molecule has 1 saturated heterocycles. The maximum atomic E-state index is 13.0. The Kier molecular flexibility index (Phi) is 2.68. The maximum absolute atomic E-state index is 13.0. The van der Waals surface area contributed by atoms with Crippen LogP contribution in [0.5, 0.6) is 0 Å². The standard InChI is InChI=1S/C11H14FN3O/c1-14-4-5-15(7-11(14)16)8-2-3-9(12)10(13)6-8/h2-3,6H,4-5,7,13H2,1H3. The quantitative estimate of drug-likeness (QED) is 0.712. The third-order valence-corrected chi connectivity index (χ3v) is 2.80. The Bertz CT molecular complexity index is 422. The molecule has 2 N–H and O–H groups in total. The molecule has 0 bridgehead atoms. The molecule has 1 aliphatic heterocycles. The van der Waals surface area contributed by atoms with Crippen LogP contribution in [0.2, 0.25) is 0 Å². The molecule has 1 aromatic carbocycles. The van der Waals surface area contributed by atoms with E-state index in [0.29, 0.717) is 13.1 Å². The number of rotatable bonds is 1. The van der Waals surface area contributed by atoms with Crippen LogP contribution in [0.3, 0.4) is 0 Å². The van der Waals surface area contributed by atoms with Crippen molar-refractivity contribution in [1.29, 1.82) is 0 Å². The van der Waals surface area contributed by atoms with Gasteiger partial charge in [-0.2, -0.15) is 0 Å². The van der Waals surface area contributed by atoms with Crippen molar-refractivity contribution in [1.82, 2.24) is 4.90 Å². The van der Waals surface area contributed by atoms with Gasteiger partial charge in [-0.15, -0.1) is 0 Å². The average molecular weight is 223 g/mol. The molecule has 2 rings (SSSR count). The molecule has 1 heterocycles. The molecule has 0 aromatic heterocycles. The van der Waals surface area contributed by atoms with Crippen LogP contribution in [-0.4, -0.2) is 37.5 Å². The third kappa shape index (κ3) is 1.93. The first-order valence-corrected chi connectivity index (χ1v) is 5.12. The van der Waals surface area contributed by atoms with Crippen molar-refractivity contribution in [2.24, 2.45) is 0 Å². The summed E-state index contributed by atoms with van der Waals surface area (Å²) in [6.45, 7) is 1.74. The van der Waals surface area contributed by atoms with E-state index in [9.17, 15) is 9.18 Å². The molecule has 1 aliphatic rings. The summed E-state index contributed by atoms with van der Waals surface area (Å²) in [5.41, 5.74) is 6.40. The number of hydrogen-bond donors (Lipinski definition) is 1. The van der Waals surface area contributed by atoms with Crippen LogP contribution in [0.1, 0.15) is 0 Å². The molecule has 86 valence electrons. The van der Waals surface area contributed by atoms with Crippen molar-refractivity contribution in [2.45, 2.75) is 0 Å². The van der Waals surface area contributed by atoms with E-state index in [1.165, 1.54) is 6.07 Å². The second-order valence-corrected chi connectivity index (χ2v) is 3.94. The lowest BCUT2D eigenvalue weighted by Gasteiger charge is -2.33. The van der Waals surface area contributed by atoms with Gasteiger partial charge in [-0.1, -0.05) is 0 Å². The molecule has 1 amide bonds. The van der Waals surface area contributed by atoms with Gasteiger partial charge in [0, 0.05) is 25.8 Å². The number of carbonyl (C=O) groups excluding carboxylic acids is 1. The van der Waals surface area contributed by atoms with Gasteiger partial charge in [0.05, 0.1) is 12.2 Å². The van der Waals surface area contributed by atoms with E-state index in [0.717, 1.165) is 12.2 Å². The highest BCUT2D eigenvalue weighted by atomic mass is 19.1. The SMILES string of the molecule is CN1CCN(c2ccc(F)c(N)c2)CC1=O. The Labute approximate surface area is 93.4 Å². The number of carbonyl (C=O) groups is 1. The van der Waals surface area contributed by atoms with Crippen LogP contribution in [0, 0.1) is 5.82 Å². The fourth-order valence-electron chi connectivity index (χ4n) is 1.71. The van der Waals surface area contributed by atoms with Crippen molar-refractivity contribution >= 4 is 17.3 Å². The first-order valence-electron chi connectivity index (χ1n) is 5.12. The monoisotopic (exact) mass is 223 g/mol. The average Bonchev–Trinajstić information content (AvgIpc) is 2.26. The predicted octanol–water partition coefficient (Wildman–Crippen LogP) is 0.686. The van der Waals surface area contributed by atoms with Crippen molar-refractivity contribution in [2.75, 3.05) is 37.3 Å². The topological polar surface area (TPSA) is 49.6 Å². The minimum Gasteiger partial charge on any atom is -0.396 e. The summed E-state index contributed by atoms with van der Waals surface area (Å²) in [4.78, 5) is 15.1. The predicted molar refractivity (Wildman–Crippen MR) is 60.7 cm³/mol. The molecule has 4 nitrogen and oxygen atoms in total. The smallest absolute Gasteiger partial charge is 0.241 e. The van der Waals surface area contributed by atoms with Crippen LogP contribution in [0.25, 0.3) is 0 Å². The van der Waals surface area contributed by atoms with Crippen LogP contribution >= 0.6 is 0 Å². The summed E-state index contributed by atoms with van der Waals surface area (Å²) >= 11 is 0. The van der Waals surface area contributed by atoms with Crippen molar-refractivity contribution in [3.05, 3.63) is 24.0 Å². The van der Waals surface area contributed by atoms with Gasteiger partial charge in [0.1, 0.15) is 5.82 Å². The summed E-state index contributed by atoms with van der Waals surface area (Å²) in [7, 11) is 1.78. The van der Waals surface area contributed by atoms with Gasteiger partial charge >= 0.3 is 0 Å². The fraction of sp³-hybridized carbons (Fsp3) is 0.364. The zero-order chi connectivity index (χ0) is 11.7. The van der Waals surface area contributed by atoms with E-state index in [4.69, 9.17) is 5.73 Å². The molecule has 0 radical (unpaired) electrons. The highest BCUT2D eigenvalue weighted by molar-refractivity contribution is 5.82. The minimum atomic E-state index is -0.427. The van der Waals surface area contributed by atoms with Gasteiger partial charge in [0.25, 0.3) is 0 Å². The van der Waals surface area contributed by atoms with E-state index in [-0.39, 0.29) is 11.6 Å². The van der Waals surface area contributed by atoms with Gasteiger partial charge < -0.3 is 15.5 Å². The normalized spacial score (nSPS) is 16.8. The minimum absolute atomic E-state index is 0.0640. The number of nitrogens with two attached hydrogens (primary N) is 1. The van der Waals surface area contributed by atoms with Crippen molar-refractivity contribution < 1.29 is 9.18 Å². The van der Waals surface area contributed by atoms with E-state index in [1.807, 2.05) is 4.90 Å². The summed E-state index contributed by atoms with van der Waals surface area (Å²) in [5, 5.41) is 0. The number of amides is 1. The third-order valence-electron chi connectivity index (χ3n) is 2.80. The van der Waals surface area contributed by atoms with E-state index >= 15 is 0 Å². The number of nitrogens with zero attached hydrogens (tertiary/aromatic N) is 2. The molecule has 0 atom stereocenters. The zero-order valence-electron chi connectivity index (χ0n) is 9.11. The fourth-order valence-corrected chi connectivity index (χ4v) is 1.71. The molecule has 16 heavy (non-hydrogen) atoms. The van der Waals surface area contributed by atoms with E-state index in [1.54, 1.807) is 24.1 Å². The maximum Gasteiger partial charge on any atom is 0.241 e. The Morgan fingerprint density at radius 1 is 1.38 bits per heavy atom. The molecule has 0 aliphatic carbocycles. The number of nitrogen functional groups attached to an aromatic ring is 1. The lowest BCUT2D eigenvalue weighted by molar-refractivity contribution is -0.129. The van der Waals surface area contributed by atoms with Gasteiger partial charge in [-0.25, -0.2) is 4.39 Å². The highest BCUT2D eigenvalue weighted by Crippen LogP contribution is 2.21. The summed E-state index contributed by atoms with van der Waals surface area (Å²) in [6.07, 6.45) is 0. The summed E-state index contributed by atoms with van der Waals surface area (Å²) < 4.78 is 13.0. The zero-order valence-corrected chi connectivity index (χ0v) is 9.11. The van der Waals surface area contributed by atoms with Gasteiger partial charge in [-0.05, 0) is 18.2 Å². The van der Waals surface area contributed by atoms with Gasteiger partial charge in [0.15, 0.2) is 0 Å². The van der Waals surface area contributed by atoms with Crippen LogP contribution in [0.4, 0.5) is 15.8 Å². The number of likely N-dealkylation sites (N-methyl/N-ethyl adjacent to an activating group) is 1. The Balaban J connectivity index is 2.18. The lowest BCUT2D eigenvalue weighted by atomic mass is 10.2. The van der Waals surface area contributed by atoms with Crippen LogP contribution < -0.4 is 10.6 Å². The van der Waals surface area contributed by atoms with Gasteiger partial charge in [-0.3, -0.25) is 4.79 Å². The molecular formula is C11H14FN3O. The van der Waals surface area contributed by atoms with Crippen molar-refractivity contribution in [3.8, 4) is 0 Å². The number of piperazine rings is 1. The molecule has 1 fully saturated rings. The second kappa shape index (κ2) is 4.00. The molecule has 5 heteroatoms.